The number of aliphatic hydroxyl groups is 1. The second-order valence-corrected chi connectivity index (χ2v) is 6.54. The van der Waals surface area contributed by atoms with E-state index >= 15 is 0 Å². The van der Waals surface area contributed by atoms with E-state index in [4.69, 9.17) is 0 Å². The lowest BCUT2D eigenvalue weighted by Crippen LogP contribution is -2.22. The molecule has 0 saturated carbocycles. The summed E-state index contributed by atoms with van der Waals surface area (Å²) in [5.41, 5.74) is 0.474. The number of sulfonamides is 1. The van der Waals surface area contributed by atoms with Crippen LogP contribution in [-0.4, -0.2) is 23.8 Å². The van der Waals surface area contributed by atoms with Crippen molar-refractivity contribution >= 4 is 26.5 Å². The molecule has 0 bridgehead atoms. The number of aromatic nitrogens is 1. The summed E-state index contributed by atoms with van der Waals surface area (Å²) >= 11 is 1.16. The number of hydrogen-bond acceptors (Lipinski definition) is 5. The largest absolute Gasteiger partial charge is 0.387 e. The Labute approximate surface area is 93.2 Å². The minimum absolute atomic E-state index is 0.291. The summed E-state index contributed by atoms with van der Waals surface area (Å²) in [4.78, 5) is 3.96. The molecule has 0 radical (unpaired) electrons. The molecule has 1 heterocycles. The summed E-state index contributed by atoms with van der Waals surface area (Å²) in [6, 6.07) is 0. The fourth-order valence-corrected chi connectivity index (χ4v) is 2.47. The maximum absolute atomic E-state index is 11.5. The van der Waals surface area contributed by atoms with Crippen molar-refractivity contribution in [3.05, 3.63) is 11.1 Å². The van der Waals surface area contributed by atoms with Crippen LogP contribution in [0.4, 0.5) is 5.13 Å². The Balaban J connectivity index is 2.82. The molecule has 0 aromatic carbocycles. The van der Waals surface area contributed by atoms with Crippen molar-refractivity contribution in [3.63, 3.8) is 0 Å². The van der Waals surface area contributed by atoms with Crippen molar-refractivity contribution in [2.45, 2.75) is 32.1 Å². The van der Waals surface area contributed by atoms with Gasteiger partial charge in [0.2, 0.25) is 10.0 Å². The van der Waals surface area contributed by atoms with Crippen LogP contribution in [-0.2, 0) is 10.0 Å². The van der Waals surface area contributed by atoms with Crippen LogP contribution in [0.1, 0.15) is 32.6 Å². The zero-order valence-corrected chi connectivity index (χ0v) is 10.4. The highest BCUT2D eigenvalue weighted by molar-refractivity contribution is 7.93. The summed E-state index contributed by atoms with van der Waals surface area (Å²) in [5.74, 6) is 0. The Hall–Kier alpha value is -0.660. The molecular weight excluding hydrogens is 236 g/mol. The molecule has 7 heteroatoms. The zero-order valence-electron chi connectivity index (χ0n) is 8.76. The van der Waals surface area contributed by atoms with Crippen LogP contribution in [0.25, 0.3) is 0 Å². The Morgan fingerprint density at radius 3 is 2.47 bits per heavy atom. The van der Waals surface area contributed by atoms with Crippen LogP contribution in [0.3, 0.4) is 0 Å². The minimum Gasteiger partial charge on any atom is -0.387 e. The summed E-state index contributed by atoms with van der Waals surface area (Å²) in [5, 5.41) is 10.6. The predicted octanol–water partition coefficient (Wildman–Crippen LogP) is 1.35. The Morgan fingerprint density at radius 1 is 1.47 bits per heavy atom. The van der Waals surface area contributed by atoms with Crippen molar-refractivity contribution in [1.29, 1.82) is 0 Å². The van der Waals surface area contributed by atoms with E-state index in [1.807, 2.05) is 0 Å². The van der Waals surface area contributed by atoms with E-state index in [0.717, 1.165) is 11.3 Å². The van der Waals surface area contributed by atoms with Gasteiger partial charge >= 0.3 is 0 Å². The van der Waals surface area contributed by atoms with Gasteiger partial charge in [-0.3, -0.25) is 4.72 Å². The molecule has 1 aromatic rings. The SMILES string of the molecule is CC(O)c1csc(NS(=O)(=O)C(C)C)n1. The van der Waals surface area contributed by atoms with E-state index in [1.165, 1.54) is 0 Å². The second-order valence-electron chi connectivity index (χ2n) is 3.45. The third kappa shape index (κ3) is 3.15. The van der Waals surface area contributed by atoms with Gasteiger partial charge in [-0.15, -0.1) is 11.3 Å². The average Bonchev–Trinajstić information content (AvgIpc) is 2.51. The number of hydrogen-bond donors (Lipinski definition) is 2. The number of aliphatic hydroxyl groups excluding tert-OH is 1. The first-order valence-corrected chi connectivity index (χ1v) is 6.90. The van der Waals surface area contributed by atoms with Crippen LogP contribution >= 0.6 is 11.3 Å². The van der Waals surface area contributed by atoms with Gasteiger partial charge in [0, 0.05) is 5.38 Å². The van der Waals surface area contributed by atoms with Gasteiger partial charge < -0.3 is 5.11 Å². The van der Waals surface area contributed by atoms with Gasteiger partial charge in [0.25, 0.3) is 0 Å². The van der Waals surface area contributed by atoms with E-state index in [-0.39, 0.29) is 0 Å². The number of nitrogens with one attached hydrogen (secondary N) is 1. The minimum atomic E-state index is -3.35. The monoisotopic (exact) mass is 250 g/mol. The molecular formula is C8H14N2O3S2. The molecule has 5 nitrogen and oxygen atoms in total. The quantitative estimate of drug-likeness (QED) is 0.845. The van der Waals surface area contributed by atoms with E-state index < -0.39 is 21.4 Å². The van der Waals surface area contributed by atoms with Crippen molar-refractivity contribution in [1.82, 2.24) is 4.98 Å². The molecule has 2 N–H and O–H groups in total. The predicted molar refractivity (Wildman–Crippen MR) is 60.4 cm³/mol. The highest BCUT2D eigenvalue weighted by Crippen LogP contribution is 2.21. The first-order chi connectivity index (χ1) is 6.83. The second kappa shape index (κ2) is 4.46. The van der Waals surface area contributed by atoms with Gasteiger partial charge in [0.1, 0.15) is 0 Å². The van der Waals surface area contributed by atoms with Crippen molar-refractivity contribution in [2.24, 2.45) is 0 Å². The maximum Gasteiger partial charge on any atom is 0.236 e. The molecule has 15 heavy (non-hydrogen) atoms. The molecule has 0 spiro atoms. The van der Waals surface area contributed by atoms with Crippen LogP contribution in [0.15, 0.2) is 5.38 Å². The summed E-state index contributed by atoms with van der Waals surface area (Å²) in [7, 11) is -3.35. The van der Waals surface area contributed by atoms with Gasteiger partial charge in [0.15, 0.2) is 5.13 Å². The molecule has 0 fully saturated rings. The first-order valence-electron chi connectivity index (χ1n) is 4.48. The van der Waals surface area contributed by atoms with Gasteiger partial charge in [-0.2, -0.15) is 0 Å². The standard InChI is InChI=1S/C8H14N2O3S2/c1-5(2)15(12,13)10-8-9-7(4-14-8)6(3)11/h4-6,11H,1-3H3,(H,9,10). The molecule has 0 saturated heterocycles. The normalized spacial score (nSPS) is 14.2. The number of nitrogens with zero attached hydrogens (tertiary/aromatic N) is 1. The Morgan fingerprint density at radius 2 is 2.07 bits per heavy atom. The average molecular weight is 250 g/mol. The molecule has 0 aliphatic carbocycles. The fourth-order valence-electron chi connectivity index (χ4n) is 0.764. The number of thiazole rings is 1. The number of rotatable bonds is 4. The molecule has 1 rings (SSSR count). The molecule has 1 aromatic heterocycles. The number of anilines is 1. The van der Waals surface area contributed by atoms with Crippen LogP contribution in [0.5, 0.6) is 0 Å². The Kier molecular flexibility index (Phi) is 3.69. The fraction of sp³-hybridized carbons (Fsp3) is 0.625. The summed E-state index contributed by atoms with van der Waals surface area (Å²) in [6.07, 6.45) is -0.682. The summed E-state index contributed by atoms with van der Waals surface area (Å²) < 4.78 is 25.3. The van der Waals surface area contributed by atoms with E-state index in [1.54, 1.807) is 26.2 Å². The first kappa shape index (κ1) is 12.4. The molecule has 1 atom stereocenters. The molecule has 86 valence electrons. The van der Waals surface area contributed by atoms with E-state index in [9.17, 15) is 13.5 Å². The van der Waals surface area contributed by atoms with Gasteiger partial charge in [-0.1, -0.05) is 0 Å². The highest BCUT2D eigenvalue weighted by atomic mass is 32.2. The van der Waals surface area contributed by atoms with Crippen molar-refractivity contribution < 1.29 is 13.5 Å². The molecule has 0 aliphatic heterocycles. The van der Waals surface area contributed by atoms with Crippen LogP contribution in [0, 0.1) is 0 Å². The van der Waals surface area contributed by atoms with Crippen LogP contribution < -0.4 is 4.72 Å². The third-order valence-electron chi connectivity index (χ3n) is 1.80. The third-order valence-corrected chi connectivity index (χ3v) is 4.42. The molecule has 1 unspecified atom stereocenters. The molecule has 0 aliphatic rings. The smallest absolute Gasteiger partial charge is 0.236 e. The molecule has 0 amide bonds. The van der Waals surface area contributed by atoms with Gasteiger partial charge in [-0.05, 0) is 20.8 Å². The maximum atomic E-state index is 11.5. The van der Waals surface area contributed by atoms with Crippen LogP contribution in [0.2, 0.25) is 0 Å². The van der Waals surface area contributed by atoms with Crippen molar-refractivity contribution in [2.75, 3.05) is 4.72 Å². The van der Waals surface area contributed by atoms with Gasteiger partial charge in [0.05, 0.1) is 17.0 Å². The topological polar surface area (TPSA) is 79.3 Å². The zero-order chi connectivity index (χ0) is 11.6. The highest BCUT2D eigenvalue weighted by Gasteiger charge is 2.17. The van der Waals surface area contributed by atoms with Crippen molar-refractivity contribution in [3.8, 4) is 0 Å². The summed E-state index contributed by atoms with van der Waals surface area (Å²) in [6.45, 7) is 4.76. The Bertz CT molecular complexity index is 423. The lowest BCUT2D eigenvalue weighted by Gasteiger charge is -2.07. The lowest BCUT2D eigenvalue weighted by molar-refractivity contribution is 0.195. The van der Waals surface area contributed by atoms with E-state index in [2.05, 4.69) is 9.71 Å². The lowest BCUT2D eigenvalue weighted by atomic mass is 10.3. The van der Waals surface area contributed by atoms with E-state index in [0.29, 0.717) is 10.8 Å². The van der Waals surface area contributed by atoms with Gasteiger partial charge in [-0.25, -0.2) is 13.4 Å².